The molecule has 33 heavy (non-hydrogen) atoms. The number of amides is 2. The maximum absolute atomic E-state index is 13.0. The molecule has 6 nitrogen and oxygen atoms in total. The van der Waals surface area contributed by atoms with E-state index in [4.69, 9.17) is 32.7 Å². The van der Waals surface area contributed by atoms with Crippen LogP contribution in [0.4, 0.5) is 18.0 Å². The van der Waals surface area contributed by atoms with Crippen molar-refractivity contribution in [1.29, 1.82) is 0 Å². The van der Waals surface area contributed by atoms with Gasteiger partial charge in [-0.25, -0.2) is 9.59 Å². The Balaban J connectivity index is 2.04. The van der Waals surface area contributed by atoms with E-state index >= 15 is 0 Å². The van der Waals surface area contributed by atoms with Crippen molar-refractivity contribution in [2.45, 2.75) is 19.1 Å². The van der Waals surface area contributed by atoms with Gasteiger partial charge in [0.25, 0.3) is 0 Å². The normalized spacial score (nSPS) is 16.5. The second-order valence-electron chi connectivity index (χ2n) is 7.00. The number of alkyl halides is 3. The predicted molar refractivity (Wildman–Crippen MR) is 116 cm³/mol. The summed E-state index contributed by atoms with van der Waals surface area (Å²) in [6, 6.07) is 7.31. The molecule has 11 heteroatoms. The second kappa shape index (κ2) is 9.93. The highest BCUT2D eigenvalue weighted by molar-refractivity contribution is 6.35. The predicted octanol–water partition coefficient (Wildman–Crippen LogP) is 5.60. The van der Waals surface area contributed by atoms with Crippen molar-refractivity contribution in [2.75, 3.05) is 20.3 Å². The number of carbonyl (C=O) groups is 2. The fourth-order valence-corrected chi connectivity index (χ4v) is 3.78. The second-order valence-corrected chi connectivity index (χ2v) is 7.85. The monoisotopic (exact) mass is 502 g/mol. The van der Waals surface area contributed by atoms with Crippen LogP contribution in [0, 0.1) is 0 Å². The number of hydrogen-bond donors (Lipinski definition) is 1. The number of benzene rings is 2. The summed E-state index contributed by atoms with van der Waals surface area (Å²) >= 11 is 12.3. The van der Waals surface area contributed by atoms with Crippen LogP contribution in [-0.2, 0) is 15.7 Å². The van der Waals surface area contributed by atoms with E-state index in [1.807, 2.05) is 0 Å². The summed E-state index contributed by atoms with van der Waals surface area (Å²) in [6.45, 7) is 1.30. The zero-order valence-corrected chi connectivity index (χ0v) is 19.0. The van der Waals surface area contributed by atoms with Crippen molar-refractivity contribution >= 4 is 35.2 Å². The Morgan fingerprint density at radius 3 is 2.55 bits per heavy atom. The maximum atomic E-state index is 13.0. The molecule has 0 unspecified atom stereocenters. The van der Waals surface area contributed by atoms with Gasteiger partial charge in [0.05, 0.1) is 29.5 Å². The van der Waals surface area contributed by atoms with Crippen molar-refractivity contribution < 1.29 is 32.2 Å². The molecule has 0 saturated heterocycles. The third kappa shape index (κ3) is 5.54. The molecule has 2 amide bonds. The zero-order valence-electron chi connectivity index (χ0n) is 17.5. The summed E-state index contributed by atoms with van der Waals surface area (Å²) in [4.78, 5) is 26.7. The van der Waals surface area contributed by atoms with Crippen LogP contribution in [0.15, 0.2) is 53.7 Å². The van der Waals surface area contributed by atoms with Gasteiger partial charge in [-0.05, 0) is 42.8 Å². The first kappa shape index (κ1) is 24.7. The number of urea groups is 1. The third-order valence-corrected chi connectivity index (χ3v) is 5.45. The van der Waals surface area contributed by atoms with Gasteiger partial charge >= 0.3 is 18.2 Å². The molecule has 0 radical (unpaired) electrons. The lowest BCUT2D eigenvalue weighted by Gasteiger charge is -2.34. The van der Waals surface area contributed by atoms with Gasteiger partial charge in [-0.15, -0.1) is 0 Å². The molecule has 1 atom stereocenters. The van der Waals surface area contributed by atoms with Crippen LogP contribution in [0.1, 0.15) is 24.1 Å². The Bertz CT molecular complexity index is 1110. The van der Waals surface area contributed by atoms with Crippen molar-refractivity contribution in [3.63, 3.8) is 0 Å². The van der Waals surface area contributed by atoms with Crippen LogP contribution in [0.3, 0.4) is 0 Å². The molecule has 176 valence electrons. The molecule has 0 aromatic heterocycles. The summed E-state index contributed by atoms with van der Waals surface area (Å²) in [6.07, 6.45) is -4.55. The number of nitrogens with zero attached hydrogens (tertiary/aromatic N) is 1. The van der Waals surface area contributed by atoms with E-state index in [9.17, 15) is 22.8 Å². The summed E-state index contributed by atoms with van der Waals surface area (Å²) < 4.78 is 49.8. The number of esters is 1. The smallest absolute Gasteiger partial charge is 0.416 e. The highest BCUT2D eigenvalue weighted by Gasteiger charge is 2.38. The molecule has 2 aromatic rings. The fraction of sp³-hybridized carbons (Fsp3) is 0.273. The first-order valence-corrected chi connectivity index (χ1v) is 10.5. The standard InChI is InChI=1S/C22H19Cl2F3N2O4/c1-3-32-20(30)18-17(11-33-14-6-4-5-12(9-14)22(25,26)27)29(2)21(31)28-19(18)15-8-7-13(23)10-16(15)24/h4-10,19H,3,11H2,1-2H3,(H,28,31)/t19-/m0/s1. The highest BCUT2D eigenvalue weighted by Crippen LogP contribution is 2.36. The summed E-state index contributed by atoms with van der Waals surface area (Å²) in [5.74, 6) is -0.816. The molecular weight excluding hydrogens is 484 g/mol. The minimum Gasteiger partial charge on any atom is -0.487 e. The molecule has 1 aliphatic heterocycles. The van der Waals surface area contributed by atoms with Crippen LogP contribution in [0.25, 0.3) is 0 Å². The van der Waals surface area contributed by atoms with Crippen molar-refractivity contribution in [2.24, 2.45) is 0 Å². The van der Waals surface area contributed by atoms with Crippen LogP contribution < -0.4 is 10.1 Å². The summed E-state index contributed by atoms with van der Waals surface area (Å²) in [5, 5.41) is 3.25. The fourth-order valence-electron chi connectivity index (χ4n) is 3.26. The number of hydrogen-bond acceptors (Lipinski definition) is 4. The first-order chi connectivity index (χ1) is 15.5. The van der Waals surface area contributed by atoms with E-state index in [1.165, 1.54) is 25.2 Å². The Labute approximate surface area is 197 Å². The highest BCUT2D eigenvalue weighted by atomic mass is 35.5. The lowest BCUT2D eigenvalue weighted by atomic mass is 9.94. The van der Waals surface area contributed by atoms with E-state index in [1.54, 1.807) is 19.1 Å². The van der Waals surface area contributed by atoms with Crippen LogP contribution >= 0.6 is 23.2 Å². The maximum Gasteiger partial charge on any atom is 0.416 e. The van der Waals surface area contributed by atoms with Gasteiger partial charge in [0.2, 0.25) is 0 Å². The van der Waals surface area contributed by atoms with Gasteiger partial charge < -0.3 is 14.8 Å². The Kier molecular flexibility index (Phi) is 7.44. The number of nitrogens with one attached hydrogen (secondary N) is 1. The average molecular weight is 503 g/mol. The summed E-state index contributed by atoms with van der Waals surface area (Å²) in [7, 11) is 1.40. The molecule has 1 N–H and O–H groups in total. The van der Waals surface area contributed by atoms with E-state index in [-0.39, 0.29) is 35.3 Å². The van der Waals surface area contributed by atoms with Crippen molar-refractivity contribution in [3.05, 3.63) is 74.9 Å². The minimum atomic E-state index is -4.55. The lowest BCUT2D eigenvalue weighted by Crippen LogP contribution is -2.48. The largest absolute Gasteiger partial charge is 0.487 e. The van der Waals surface area contributed by atoms with E-state index in [0.29, 0.717) is 10.6 Å². The number of rotatable bonds is 6. The van der Waals surface area contributed by atoms with Gasteiger partial charge in [-0.3, -0.25) is 4.90 Å². The molecule has 3 rings (SSSR count). The SMILES string of the molecule is CCOC(=O)C1=C(COc2cccc(C(F)(F)F)c2)N(C)C(=O)N[C@H]1c1ccc(Cl)cc1Cl. The van der Waals surface area contributed by atoms with E-state index < -0.39 is 29.8 Å². The number of halogens is 5. The molecule has 0 saturated carbocycles. The van der Waals surface area contributed by atoms with E-state index in [0.717, 1.165) is 17.0 Å². The van der Waals surface area contributed by atoms with Gasteiger partial charge in [0, 0.05) is 17.1 Å². The van der Waals surface area contributed by atoms with Crippen LogP contribution in [0.2, 0.25) is 10.0 Å². The molecule has 1 aliphatic rings. The quantitative estimate of drug-likeness (QED) is 0.521. The third-order valence-electron chi connectivity index (χ3n) is 4.88. The number of carbonyl (C=O) groups excluding carboxylic acids is 2. The Morgan fingerprint density at radius 1 is 1.18 bits per heavy atom. The summed E-state index contributed by atoms with van der Waals surface area (Å²) in [5.41, 5.74) is -0.344. The topological polar surface area (TPSA) is 67.9 Å². The molecular formula is C22H19Cl2F3N2O4. The lowest BCUT2D eigenvalue weighted by molar-refractivity contribution is -0.139. The van der Waals surface area contributed by atoms with Crippen LogP contribution in [-0.4, -0.2) is 37.2 Å². The van der Waals surface area contributed by atoms with Crippen molar-refractivity contribution in [1.82, 2.24) is 10.2 Å². The first-order valence-electron chi connectivity index (χ1n) is 9.72. The molecule has 0 aliphatic carbocycles. The average Bonchev–Trinajstić information content (AvgIpc) is 2.74. The molecule has 0 fully saturated rings. The zero-order chi connectivity index (χ0) is 24.3. The van der Waals surface area contributed by atoms with E-state index in [2.05, 4.69) is 5.32 Å². The Morgan fingerprint density at radius 2 is 1.91 bits per heavy atom. The molecule has 2 aromatic carbocycles. The van der Waals surface area contributed by atoms with Gasteiger partial charge in [-0.1, -0.05) is 35.3 Å². The van der Waals surface area contributed by atoms with Crippen LogP contribution in [0.5, 0.6) is 5.75 Å². The molecule has 1 heterocycles. The van der Waals surface area contributed by atoms with Gasteiger partial charge in [0.1, 0.15) is 12.4 Å². The van der Waals surface area contributed by atoms with Crippen molar-refractivity contribution in [3.8, 4) is 5.75 Å². The number of ether oxygens (including phenoxy) is 2. The molecule has 0 spiro atoms. The minimum absolute atomic E-state index is 0.0372. The number of likely N-dealkylation sites (N-methyl/N-ethyl adjacent to an activating group) is 1. The van der Waals surface area contributed by atoms with Gasteiger partial charge in [0.15, 0.2) is 0 Å². The Hall–Kier alpha value is -2.91. The van der Waals surface area contributed by atoms with Gasteiger partial charge in [-0.2, -0.15) is 13.2 Å². The molecule has 0 bridgehead atoms.